The van der Waals surface area contributed by atoms with Gasteiger partial charge in [-0.2, -0.15) is 0 Å². The first kappa shape index (κ1) is 20.3. The summed E-state index contributed by atoms with van der Waals surface area (Å²) in [5.74, 6) is -0.850. The fourth-order valence-electron chi connectivity index (χ4n) is 2.00. The predicted molar refractivity (Wildman–Crippen MR) is 102 cm³/mol. The van der Waals surface area contributed by atoms with Crippen LogP contribution in [0.1, 0.15) is 46.0 Å². The molecule has 2 heterocycles. The van der Waals surface area contributed by atoms with Gasteiger partial charge in [0.1, 0.15) is 10.1 Å². The molecule has 0 radical (unpaired) electrons. The SMILES string of the molecule is CCOC(=O)c1ccc(C)nc1SSc1nc(C)ccc1C(=O)OCC. The maximum atomic E-state index is 12.1. The summed E-state index contributed by atoms with van der Waals surface area (Å²) in [6, 6.07) is 6.91. The van der Waals surface area contributed by atoms with Gasteiger partial charge in [-0.1, -0.05) is 0 Å². The van der Waals surface area contributed by atoms with Crippen molar-refractivity contribution in [2.45, 2.75) is 37.7 Å². The van der Waals surface area contributed by atoms with Gasteiger partial charge in [0.05, 0.1) is 24.3 Å². The van der Waals surface area contributed by atoms with E-state index in [0.717, 1.165) is 11.4 Å². The highest BCUT2D eigenvalue weighted by Crippen LogP contribution is 2.39. The molecule has 0 aliphatic rings. The molecule has 8 heteroatoms. The zero-order chi connectivity index (χ0) is 19.1. The molecule has 0 fully saturated rings. The molecule has 0 aromatic carbocycles. The first-order valence-corrected chi connectivity index (χ1v) is 10.2. The van der Waals surface area contributed by atoms with Crippen LogP contribution in [0.5, 0.6) is 0 Å². The Balaban J connectivity index is 2.29. The van der Waals surface area contributed by atoms with Gasteiger partial charge in [0.2, 0.25) is 0 Å². The van der Waals surface area contributed by atoms with Crippen LogP contribution >= 0.6 is 21.6 Å². The van der Waals surface area contributed by atoms with Crippen molar-refractivity contribution < 1.29 is 19.1 Å². The van der Waals surface area contributed by atoms with Crippen molar-refractivity contribution in [3.05, 3.63) is 46.8 Å². The molecule has 0 saturated carbocycles. The minimum Gasteiger partial charge on any atom is -0.462 e. The highest BCUT2D eigenvalue weighted by Gasteiger charge is 2.19. The van der Waals surface area contributed by atoms with Crippen LogP contribution in [0.3, 0.4) is 0 Å². The largest absolute Gasteiger partial charge is 0.462 e. The van der Waals surface area contributed by atoms with Crippen molar-refractivity contribution in [2.75, 3.05) is 13.2 Å². The van der Waals surface area contributed by atoms with E-state index in [9.17, 15) is 9.59 Å². The zero-order valence-electron chi connectivity index (χ0n) is 15.1. The lowest BCUT2D eigenvalue weighted by atomic mass is 10.2. The summed E-state index contributed by atoms with van der Waals surface area (Å²) >= 11 is 0. The minimum atomic E-state index is -0.425. The topological polar surface area (TPSA) is 78.4 Å². The number of pyridine rings is 2. The second-order valence-corrected chi connectivity index (χ2v) is 7.33. The lowest BCUT2D eigenvalue weighted by molar-refractivity contribution is 0.0511. The van der Waals surface area contributed by atoms with Gasteiger partial charge in [-0.15, -0.1) is 0 Å². The van der Waals surface area contributed by atoms with Crippen LogP contribution in [0.2, 0.25) is 0 Å². The molecule has 6 nitrogen and oxygen atoms in total. The predicted octanol–water partition coefficient (Wildman–Crippen LogP) is 4.25. The first-order valence-electron chi connectivity index (χ1n) is 8.10. The maximum absolute atomic E-state index is 12.1. The Hall–Kier alpha value is -2.06. The third-order valence-corrected chi connectivity index (χ3v) is 5.41. The number of esters is 2. The molecule has 0 amide bonds. The molecule has 0 bridgehead atoms. The summed E-state index contributed by atoms with van der Waals surface area (Å²) < 4.78 is 10.2. The Morgan fingerprint density at radius 3 is 1.54 bits per heavy atom. The Kier molecular flexibility index (Phi) is 7.47. The molecular formula is C18H20N2O4S2. The van der Waals surface area contributed by atoms with E-state index < -0.39 is 11.9 Å². The van der Waals surface area contributed by atoms with Crippen molar-refractivity contribution in [1.29, 1.82) is 0 Å². The molecular weight excluding hydrogens is 372 g/mol. The summed E-state index contributed by atoms with van der Waals surface area (Å²) in [4.78, 5) is 33.1. The number of hydrogen-bond donors (Lipinski definition) is 0. The molecule has 2 aromatic heterocycles. The van der Waals surface area contributed by atoms with Crippen molar-refractivity contribution in [3.8, 4) is 0 Å². The van der Waals surface area contributed by atoms with E-state index >= 15 is 0 Å². The molecule has 0 spiro atoms. The maximum Gasteiger partial charge on any atom is 0.340 e. The lowest BCUT2D eigenvalue weighted by Crippen LogP contribution is -2.08. The van der Waals surface area contributed by atoms with Crippen LogP contribution in [0.15, 0.2) is 34.3 Å². The Morgan fingerprint density at radius 2 is 1.19 bits per heavy atom. The summed E-state index contributed by atoms with van der Waals surface area (Å²) in [7, 11) is 2.52. The van der Waals surface area contributed by atoms with E-state index in [1.807, 2.05) is 13.8 Å². The van der Waals surface area contributed by atoms with Crippen LogP contribution in [0.4, 0.5) is 0 Å². The van der Waals surface area contributed by atoms with Gasteiger partial charge in [0.15, 0.2) is 0 Å². The van der Waals surface area contributed by atoms with Crippen molar-refractivity contribution in [2.24, 2.45) is 0 Å². The number of nitrogens with zero attached hydrogens (tertiary/aromatic N) is 2. The molecule has 0 unspecified atom stereocenters. The average Bonchev–Trinajstić information content (AvgIpc) is 2.60. The second kappa shape index (κ2) is 9.59. The lowest BCUT2D eigenvalue weighted by Gasteiger charge is -2.10. The van der Waals surface area contributed by atoms with Crippen LogP contribution in [-0.2, 0) is 9.47 Å². The van der Waals surface area contributed by atoms with Crippen molar-refractivity contribution in [3.63, 3.8) is 0 Å². The number of aryl methyl sites for hydroxylation is 2. The van der Waals surface area contributed by atoms with Crippen LogP contribution in [0, 0.1) is 13.8 Å². The summed E-state index contributed by atoms with van der Waals surface area (Å²) in [5.41, 5.74) is 2.34. The van der Waals surface area contributed by atoms with Gasteiger partial charge >= 0.3 is 11.9 Å². The molecule has 0 aliphatic carbocycles. The smallest absolute Gasteiger partial charge is 0.340 e. The van der Waals surface area contributed by atoms with Gasteiger partial charge in [-0.3, -0.25) is 0 Å². The first-order chi connectivity index (χ1) is 12.5. The highest BCUT2D eigenvalue weighted by atomic mass is 33.1. The van der Waals surface area contributed by atoms with E-state index in [-0.39, 0.29) is 13.2 Å². The summed E-state index contributed by atoms with van der Waals surface area (Å²) in [6.45, 7) is 7.77. The Bertz CT molecular complexity index is 744. The molecule has 2 aromatic rings. The third kappa shape index (κ3) is 5.22. The van der Waals surface area contributed by atoms with Crippen molar-refractivity contribution >= 4 is 33.5 Å². The standard InChI is InChI=1S/C18H20N2O4S2/c1-5-23-17(21)13-9-7-11(3)19-15(13)25-26-16-14(18(22)24-6-2)10-8-12(4)20-16/h7-10H,5-6H2,1-4H3. The quantitative estimate of drug-likeness (QED) is 0.511. The third-order valence-electron chi connectivity index (χ3n) is 3.19. The van der Waals surface area contributed by atoms with Crippen LogP contribution < -0.4 is 0 Å². The molecule has 0 saturated heterocycles. The normalized spacial score (nSPS) is 10.5. The molecule has 0 N–H and O–H groups in total. The fraction of sp³-hybridized carbons (Fsp3) is 0.333. The van der Waals surface area contributed by atoms with E-state index in [0.29, 0.717) is 21.2 Å². The van der Waals surface area contributed by atoms with Gasteiger partial charge < -0.3 is 9.47 Å². The van der Waals surface area contributed by atoms with Gasteiger partial charge in [-0.25, -0.2) is 19.6 Å². The van der Waals surface area contributed by atoms with Crippen LogP contribution in [0.25, 0.3) is 0 Å². The Labute approximate surface area is 160 Å². The second-order valence-electron chi connectivity index (χ2n) is 5.22. The number of aromatic nitrogens is 2. The van der Waals surface area contributed by atoms with Gasteiger partial charge in [0.25, 0.3) is 0 Å². The summed E-state index contributed by atoms with van der Waals surface area (Å²) in [5, 5.41) is 1.04. The number of ether oxygens (including phenoxy) is 2. The molecule has 26 heavy (non-hydrogen) atoms. The average molecular weight is 393 g/mol. The monoisotopic (exact) mass is 392 g/mol. The number of carbonyl (C=O) groups excluding carboxylic acids is 2. The number of rotatable bonds is 7. The van der Waals surface area contributed by atoms with E-state index in [1.165, 1.54) is 21.6 Å². The van der Waals surface area contributed by atoms with Gasteiger partial charge in [-0.05, 0) is 73.5 Å². The highest BCUT2D eigenvalue weighted by molar-refractivity contribution is 8.76. The number of hydrogen-bond acceptors (Lipinski definition) is 8. The van der Waals surface area contributed by atoms with Crippen LogP contribution in [-0.4, -0.2) is 35.1 Å². The summed E-state index contributed by atoms with van der Waals surface area (Å²) in [6.07, 6.45) is 0. The fourth-order valence-corrected chi connectivity index (χ4v) is 4.24. The molecule has 138 valence electrons. The minimum absolute atomic E-state index is 0.288. The van der Waals surface area contributed by atoms with Crippen molar-refractivity contribution in [1.82, 2.24) is 9.97 Å². The molecule has 2 rings (SSSR count). The van der Waals surface area contributed by atoms with E-state index in [2.05, 4.69) is 9.97 Å². The molecule has 0 aliphatic heterocycles. The van der Waals surface area contributed by atoms with Gasteiger partial charge in [0, 0.05) is 11.4 Å². The number of carbonyl (C=O) groups is 2. The van der Waals surface area contributed by atoms with E-state index in [4.69, 9.17) is 9.47 Å². The zero-order valence-corrected chi connectivity index (χ0v) is 16.7. The van der Waals surface area contributed by atoms with E-state index in [1.54, 1.807) is 38.1 Å². The Morgan fingerprint density at radius 1 is 0.808 bits per heavy atom. The molecule has 0 atom stereocenters.